The summed E-state index contributed by atoms with van der Waals surface area (Å²) < 4.78 is 0. The first-order valence-electron chi connectivity index (χ1n) is 7.48. The predicted octanol–water partition coefficient (Wildman–Crippen LogP) is 3.98. The highest BCUT2D eigenvalue weighted by atomic mass is 14.9. The monoisotopic (exact) mass is 235 g/mol. The summed E-state index contributed by atoms with van der Waals surface area (Å²) >= 11 is 0. The van der Waals surface area contributed by atoms with Gasteiger partial charge in [-0.05, 0) is 44.1 Å². The Morgan fingerprint density at radius 2 is 1.94 bits per heavy atom. The molecule has 1 aliphatic rings. The fourth-order valence-electron chi connectivity index (χ4n) is 3.07. The van der Waals surface area contributed by atoms with E-state index in [1.807, 2.05) is 0 Å². The molecular weight excluding hydrogens is 206 g/mol. The van der Waals surface area contributed by atoms with Crippen molar-refractivity contribution in [2.45, 2.75) is 71.3 Å². The minimum absolute atomic E-state index is 0.670. The van der Waals surface area contributed by atoms with E-state index in [4.69, 9.17) is 6.42 Å². The summed E-state index contributed by atoms with van der Waals surface area (Å²) in [5, 5.41) is 3.71. The Labute approximate surface area is 108 Å². The molecule has 98 valence electrons. The van der Waals surface area contributed by atoms with Crippen LogP contribution in [-0.4, -0.2) is 12.6 Å². The van der Waals surface area contributed by atoms with Crippen LogP contribution in [0.25, 0.3) is 0 Å². The first-order chi connectivity index (χ1) is 8.31. The molecule has 0 saturated heterocycles. The second-order valence-corrected chi connectivity index (χ2v) is 5.49. The Bertz CT molecular complexity index is 220. The number of nitrogens with one attached hydrogen (secondary N) is 1. The molecule has 0 heterocycles. The topological polar surface area (TPSA) is 12.0 Å². The van der Waals surface area contributed by atoms with Gasteiger partial charge in [-0.3, -0.25) is 0 Å². The number of hydrogen-bond donors (Lipinski definition) is 1. The van der Waals surface area contributed by atoms with E-state index in [2.05, 4.69) is 25.1 Å². The quantitative estimate of drug-likeness (QED) is 0.658. The smallest absolute Gasteiger partial charge is 0.0104 e. The number of rotatable bonds is 7. The Kier molecular flexibility index (Phi) is 7.37. The molecule has 1 unspecified atom stereocenters. The van der Waals surface area contributed by atoms with E-state index in [1.54, 1.807) is 0 Å². The van der Waals surface area contributed by atoms with Crippen LogP contribution in [0.1, 0.15) is 65.2 Å². The van der Waals surface area contributed by atoms with E-state index in [0.29, 0.717) is 6.04 Å². The highest BCUT2D eigenvalue weighted by Gasteiger charge is 2.26. The van der Waals surface area contributed by atoms with Crippen LogP contribution in [0.5, 0.6) is 0 Å². The SMILES string of the molecule is C#CCCC(NCCC)C1CCC(CC)CC1. The molecule has 0 aromatic rings. The molecule has 1 atom stereocenters. The largest absolute Gasteiger partial charge is 0.314 e. The van der Waals surface area contributed by atoms with Gasteiger partial charge < -0.3 is 5.32 Å². The van der Waals surface area contributed by atoms with E-state index < -0.39 is 0 Å². The summed E-state index contributed by atoms with van der Waals surface area (Å²) in [7, 11) is 0. The van der Waals surface area contributed by atoms with Crippen molar-refractivity contribution in [3.8, 4) is 12.3 Å². The highest BCUT2D eigenvalue weighted by molar-refractivity contribution is 4.89. The maximum atomic E-state index is 5.40. The molecule has 0 bridgehead atoms. The Morgan fingerprint density at radius 3 is 2.47 bits per heavy atom. The van der Waals surface area contributed by atoms with Crippen molar-refractivity contribution in [2.24, 2.45) is 11.8 Å². The van der Waals surface area contributed by atoms with Crippen LogP contribution in [-0.2, 0) is 0 Å². The molecule has 0 spiro atoms. The lowest BCUT2D eigenvalue weighted by atomic mass is 9.76. The van der Waals surface area contributed by atoms with Crippen molar-refractivity contribution in [1.82, 2.24) is 5.32 Å². The van der Waals surface area contributed by atoms with Crippen molar-refractivity contribution in [3.05, 3.63) is 0 Å². The van der Waals surface area contributed by atoms with Crippen molar-refractivity contribution in [3.63, 3.8) is 0 Å². The molecule has 1 saturated carbocycles. The van der Waals surface area contributed by atoms with Gasteiger partial charge in [0.15, 0.2) is 0 Å². The summed E-state index contributed by atoms with van der Waals surface area (Å²) in [5.74, 6) is 4.66. The predicted molar refractivity (Wildman–Crippen MR) is 75.9 cm³/mol. The Hall–Kier alpha value is -0.480. The molecule has 1 nitrogen and oxygen atoms in total. The van der Waals surface area contributed by atoms with Gasteiger partial charge in [0.25, 0.3) is 0 Å². The molecule has 17 heavy (non-hydrogen) atoms. The van der Waals surface area contributed by atoms with Crippen molar-refractivity contribution < 1.29 is 0 Å². The first-order valence-corrected chi connectivity index (χ1v) is 7.48. The van der Waals surface area contributed by atoms with Gasteiger partial charge in [-0.2, -0.15) is 0 Å². The standard InChI is InChI=1S/C16H29N/c1-4-7-8-16(17-13-5-2)15-11-9-14(6-3)10-12-15/h1,14-17H,5-13H2,2-3H3. The minimum Gasteiger partial charge on any atom is -0.314 e. The van der Waals surface area contributed by atoms with Gasteiger partial charge in [-0.25, -0.2) is 0 Å². The normalized spacial score (nSPS) is 26.4. The van der Waals surface area contributed by atoms with Gasteiger partial charge >= 0.3 is 0 Å². The zero-order chi connectivity index (χ0) is 12.5. The third-order valence-corrected chi connectivity index (χ3v) is 4.29. The van der Waals surface area contributed by atoms with Crippen LogP contribution >= 0.6 is 0 Å². The zero-order valence-corrected chi connectivity index (χ0v) is 11.7. The van der Waals surface area contributed by atoms with Crippen LogP contribution < -0.4 is 5.32 Å². The van der Waals surface area contributed by atoms with Gasteiger partial charge in [-0.1, -0.05) is 33.1 Å². The molecule has 0 aromatic heterocycles. The molecule has 1 rings (SSSR count). The Balaban J connectivity index is 2.38. The molecular formula is C16H29N. The zero-order valence-electron chi connectivity index (χ0n) is 11.7. The van der Waals surface area contributed by atoms with E-state index >= 15 is 0 Å². The summed E-state index contributed by atoms with van der Waals surface area (Å²) in [5.41, 5.74) is 0. The van der Waals surface area contributed by atoms with E-state index in [0.717, 1.165) is 31.2 Å². The molecule has 0 amide bonds. The Morgan fingerprint density at radius 1 is 1.24 bits per heavy atom. The van der Waals surface area contributed by atoms with Gasteiger partial charge in [0.2, 0.25) is 0 Å². The minimum atomic E-state index is 0.670. The van der Waals surface area contributed by atoms with Crippen LogP contribution in [0.3, 0.4) is 0 Å². The molecule has 1 heteroatoms. The van der Waals surface area contributed by atoms with E-state index in [-0.39, 0.29) is 0 Å². The number of hydrogen-bond acceptors (Lipinski definition) is 1. The molecule has 1 fully saturated rings. The molecule has 1 aliphatic carbocycles. The lowest BCUT2D eigenvalue weighted by molar-refractivity contribution is 0.212. The molecule has 0 aliphatic heterocycles. The summed E-state index contributed by atoms with van der Waals surface area (Å²) in [4.78, 5) is 0. The van der Waals surface area contributed by atoms with Gasteiger partial charge in [0.1, 0.15) is 0 Å². The lowest BCUT2D eigenvalue weighted by Gasteiger charge is -2.34. The fraction of sp³-hybridized carbons (Fsp3) is 0.875. The van der Waals surface area contributed by atoms with Crippen molar-refractivity contribution in [2.75, 3.05) is 6.54 Å². The molecule has 0 aromatic carbocycles. The average molecular weight is 235 g/mol. The second kappa shape index (κ2) is 8.59. The summed E-state index contributed by atoms with van der Waals surface area (Å²) in [6.45, 7) is 5.71. The van der Waals surface area contributed by atoms with Crippen molar-refractivity contribution in [1.29, 1.82) is 0 Å². The maximum absolute atomic E-state index is 5.40. The van der Waals surface area contributed by atoms with Gasteiger partial charge in [0, 0.05) is 12.5 Å². The fourth-order valence-corrected chi connectivity index (χ4v) is 3.07. The highest BCUT2D eigenvalue weighted by Crippen LogP contribution is 2.33. The third kappa shape index (κ3) is 5.13. The van der Waals surface area contributed by atoms with E-state index in [9.17, 15) is 0 Å². The average Bonchev–Trinajstić information content (AvgIpc) is 2.39. The third-order valence-electron chi connectivity index (χ3n) is 4.29. The second-order valence-electron chi connectivity index (χ2n) is 5.49. The lowest BCUT2D eigenvalue weighted by Crippen LogP contribution is -2.38. The van der Waals surface area contributed by atoms with Crippen LogP contribution in [0.2, 0.25) is 0 Å². The summed E-state index contributed by atoms with van der Waals surface area (Å²) in [6, 6.07) is 0.670. The number of terminal acetylenes is 1. The summed E-state index contributed by atoms with van der Waals surface area (Å²) in [6.07, 6.45) is 15.8. The van der Waals surface area contributed by atoms with Crippen LogP contribution in [0.4, 0.5) is 0 Å². The van der Waals surface area contributed by atoms with Crippen LogP contribution in [0, 0.1) is 24.2 Å². The van der Waals surface area contributed by atoms with E-state index in [1.165, 1.54) is 38.5 Å². The van der Waals surface area contributed by atoms with Crippen LogP contribution in [0.15, 0.2) is 0 Å². The maximum Gasteiger partial charge on any atom is 0.0104 e. The molecule has 1 N–H and O–H groups in total. The molecule has 0 radical (unpaired) electrons. The van der Waals surface area contributed by atoms with Gasteiger partial charge in [-0.15, -0.1) is 12.3 Å². The van der Waals surface area contributed by atoms with Crippen molar-refractivity contribution >= 4 is 0 Å². The van der Waals surface area contributed by atoms with Gasteiger partial charge in [0.05, 0.1) is 0 Å². The first kappa shape index (κ1) is 14.6.